The third kappa shape index (κ3) is 6.00. The molecule has 0 aliphatic rings. The van der Waals surface area contributed by atoms with E-state index in [1.807, 2.05) is 13.0 Å². The number of fused-ring (bicyclic) bond motifs is 1. The van der Waals surface area contributed by atoms with Gasteiger partial charge in [0, 0.05) is 36.7 Å². The molecule has 1 aromatic heterocycles. The molecule has 0 fully saturated rings. The first-order valence-corrected chi connectivity index (χ1v) is 12.6. The summed E-state index contributed by atoms with van der Waals surface area (Å²) in [5.74, 6) is -0.264. The highest BCUT2D eigenvalue weighted by Crippen LogP contribution is 2.40. The summed E-state index contributed by atoms with van der Waals surface area (Å²) in [6, 6.07) is 14.6. The van der Waals surface area contributed by atoms with Gasteiger partial charge in [-0.2, -0.15) is 18.4 Å². The van der Waals surface area contributed by atoms with Gasteiger partial charge < -0.3 is 15.2 Å². The average Bonchev–Trinajstić information content (AvgIpc) is 3.25. The van der Waals surface area contributed by atoms with E-state index >= 15 is 0 Å². The standard InChI is InChI=1S/C29H23ClF3N5O2/c1-3-26-36-24-14-21(22(29(31,32)33)15-25(24)38(26)2)17-6-4-7-20(13-17)35-28(40)18-9-10-23(19(12-18)16-34)37-27(39)8-5-11-30/h4-10,12-15H,3,11H2,1-2H3,(H,35,40)(H,37,39). The fraction of sp³-hybridized carbons (Fsp3) is 0.172. The van der Waals surface area contributed by atoms with E-state index in [2.05, 4.69) is 15.6 Å². The fourth-order valence-corrected chi connectivity index (χ4v) is 4.35. The fourth-order valence-electron chi connectivity index (χ4n) is 4.26. The Bertz CT molecular complexity index is 1690. The number of alkyl halides is 4. The maximum atomic E-state index is 14.1. The van der Waals surface area contributed by atoms with Gasteiger partial charge in [-0.05, 0) is 53.6 Å². The molecule has 2 N–H and O–H groups in total. The lowest BCUT2D eigenvalue weighted by atomic mass is 9.97. The zero-order valence-corrected chi connectivity index (χ0v) is 22.2. The minimum absolute atomic E-state index is 0.0546. The van der Waals surface area contributed by atoms with E-state index in [1.54, 1.807) is 23.7 Å². The zero-order valence-electron chi connectivity index (χ0n) is 21.4. The van der Waals surface area contributed by atoms with E-state index in [1.165, 1.54) is 48.6 Å². The molecule has 0 atom stereocenters. The number of hydrogen-bond donors (Lipinski definition) is 2. The molecule has 204 valence electrons. The number of anilines is 2. The van der Waals surface area contributed by atoms with E-state index in [-0.39, 0.29) is 39.5 Å². The van der Waals surface area contributed by atoms with Gasteiger partial charge in [0.05, 0.1) is 27.8 Å². The Morgan fingerprint density at radius 1 is 1.12 bits per heavy atom. The van der Waals surface area contributed by atoms with Crippen LogP contribution in [0.5, 0.6) is 0 Å². The van der Waals surface area contributed by atoms with Crippen molar-refractivity contribution in [1.29, 1.82) is 5.26 Å². The van der Waals surface area contributed by atoms with Crippen LogP contribution < -0.4 is 10.6 Å². The van der Waals surface area contributed by atoms with Crippen LogP contribution in [0, 0.1) is 11.3 Å². The van der Waals surface area contributed by atoms with Crippen molar-refractivity contribution < 1.29 is 22.8 Å². The molecule has 0 spiro atoms. The number of nitrogens with one attached hydrogen (secondary N) is 2. The summed E-state index contributed by atoms with van der Waals surface area (Å²) in [4.78, 5) is 29.3. The molecule has 0 bridgehead atoms. The molecule has 7 nitrogen and oxygen atoms in total. The summed E-state index contributed by atoms with van der Waals surface area (Å²) in [5.41, 5.74) is 0.823. The molecule has 0 saturated heterocycles. The number of hydrogen-bond acceptors (Lipinski definition) is 4. The van der Waals surface area contributed by atoms with Gasteiger partial charge >= 0.3 is 6.18 Å². The number of imidazole rings is 1. The highest BCUT2D eigenvalue weighted by Gasteiger charge is 2.35. The molecule has 3 aromatic carbocycles. The Kier molecular flexibility index (Phi) is 8.26. The first-order valence-electron chi connectivity index (χ1n) is 12.1. The number of aromatic nitrogens is 2. The second-order valence-corrected chi connectivity index (χ2v) is 9.09. The summed E-state index contributed by atoms with van der Waals surface area (Å²) >= 11 is 5.52. The topological polar surface area (TPSA) is 99.8 Å². The molecule has 2 amide bonds. The number of rotatable bonds is 7. The van der Waals surface area contributed by atoms with Crippen LogP contribution in [-0.2, 0) is 24.4 Å². The van der Waals surface area contributed by atoms with Gasteiger partial charge in [-0.25, -0.2) is 4.98 Å². The van der Waals surface area contributed by atoms with Crippen LogP contribution in [0.25, 0.3) is 22.2 Å². The van der Waals surface area contributed by atoms with Gasteiger partial charge in [0.25, 0.3) is 5.91 Å². The molecule has 1 heterocycles. The third-order valence-electron chi connectivity index (χ3n) is 6.18. The van der Waals surface area contributed by atoms with Crippen molar-refractivity contribution in [2.24, 2.45) is 7.05 Å². The number of allylic oxidation sites excluding steroid dienone is 1. The molecule has 0 aliphatic heterocycles. The summed E-state index contributed by atoms with van der Waals surface area (Å²) in [6.45, 7) is 1.88. The van der Waals surface area contributed by atoms with Crippen LogP contribution in [0.15, 0.2) is 66.7 Å². The van der Waals surface area contributed by atoms with Crippen molar-refractivity contribution in [2.45, 2.75) is 19.5 Å². The monoisotopic (exact) mass is 565 g/mol. The maximum absolute atomic E-state index is 14.1. The van der Waals surface area contributed by atoms with Crippen LogP contribution in [0.3, 0.4) is 0 Å². The molecule has 4 aromatic rings. The van der Waals surface area contributed by atoms with E-state index in [0.717, 1.165) is 6.07 Å². The zero-order chi connectivity index (χ0) is 29.0. The summed E-state index contributed by atoms with van der Waals surface area (Å²) in [6.07, 6.45) is -1.40. The van der Waals surface area contributed by atoms with Gasteiger partial charge in [0.2, 0.25) is 5.91 Å². The van der Waals surface area contributed by atoms with E-state index < -0.39 is 23.6 Å². The smallest absolute Gasteiger partial charge is 0.331 e. The lowest BCUT2D eigenvalue weighted by molar-refractivity contribution is -0.137. The van der Waals surface area contributed by atoms with Crippen molar-refractivity contribution in [3.63, 3.8) is 0 Å². The van der Waals surface area contributed by atoms with E-state index in [9.17, 15) is 28.0 Å². The van der Waals surface area contributed by atoms with Crippen molar-refractivity contribution >= 4 is 45.8 Å². The lowest BCUT2D eigenvalue weighted by Gasteiger charge is -2.15. The Balaban J connectivity index is 1.65. The second-order valence-electron chi connectivity index (χ2n) is 8.78. The highest BCUT2D eigenvalue weighted by atomic mass is 35.5. The number of aryl methyl sites for hydroxylation is 2. The lowest BCUT2D eigenvalue weighted by Crippen LogP contribution is -2.14. The van der Waals surface area contributed by atoms with Gasteiger partial charge in [-0.3, -0.25) is 9.59 Å². The number of nitriles is 1. The number of halogens is 4. The predicted octanol–water partition coefficient (Wildman–Crippen LogP) is 6.68. The number of nitrogens with zero attached hydrogens (tertiary/aromatic N) is 3. The van der Waals surface area contributed by atoms with Gasteiger partial charge in [0.15, 0.2) is 0 Å². The quantitative estimate of drug-likeness (QED) is 0.193. The Morgan fingerprint density at radius 2 is 1.90 bits per heavy atom. The minimum Gasteiger partial charge on any atom is -0.331 e. The normalized spacial score (nSPS) is 11.5. The molecule has 0 saturated carbocycles. The van der Waals surface area contributed by atoms with Gasteiger partial charge in [0.1, 0.15) is 11.9 Å². The summed E-state index contributed by atoms with van der Waals surface area (Å²) in [5, 5.41) is 14.7. The summed E-state index contributed by atoms with van der Waals surface area (Å²) < 4.78 is 43.9. The van der Waals surface area contributed by atoms with Crippen molar-refractivity contribution in [2.75, 3.05) is 16.5 Å². The molecule has 0 aliphatic carbocycles. The molecular formula is C29H23ClF3N5O2. The Labute approximate surface area is 232 Å². The first-order chi connectivity index (χ1) is 19.0. The first kappa shape index (κ1) is 28.4. The third-order valence-corrected chi connectivity index (χ3v) is 6.36. The van der Waals surface area contributed by atoms with Crippen molar-refractivity contribution in [1.82, 2.24) is 9.55 Å². The second kappa shape index (κ2) is 11.6. The Hall–Kier alpha value is -4.62. The summed E-state index contributed by atoms with van der Waals surface area (Å²) in [7, 11) is 1.68. The molecule has 0 radical (unpaired) electrons. The van der Waals surface area contributed by atoms with Crippen molar-refractivity contribution in [3.8, 4) is 17.2 Å². The molecule has 11 heteroatoms. The molecule has 0 unspecified atom stereocenters. The van der Waals surface area contributed by atoms with Crippen LogP contribution in [0.2, 0.25) is 0 Å². The van der Waals surface area contributed by atoms with E-state index in [4.69, 9.17) is 11.6 Å². The van der Waals surface area contributed by atoms with Crippen LogP contribution in [-0.4, -0.2) is 27.2 Å². The minimum atomic E-state index is -4.62. The van der Waals surface area contributed by atoms with E-state index in [0.29, 0.717) is 23.3 Å². The van der Waals surface area contributed by atoms with Gasteiger partial charge in [-0.1, -0.05) is 25.1 Å². The molecule has 4 rings (SSSR count). The van der Waals surface area contributed by atoms with Crippen LogP contribution in [0.1, 0.15) is 34.2 Å². The number of carbonyl (C=O) groups excluding carboxylic acids is 2. The largest absolute Gasteiger partial charge is 0.417 e. The SMILES string of the molecule is CCc1nc2cc(-c3cccc(NC(=O)c4ccc(NC(=O)C=CCCl)c(C#N)c4)c3)c(C(F)(F)F)cc2n1C. The van der Waals surface area contributed by atoms with Crippen LogP contribution in [0.4, 0.5) is 24.5 Å². The van der Waals surface area contributed by atoms with Crippen molar-refractivity contribution in [3.05, 3.63) is 89.3 Å². The number of benzene rings is 3. The number of amides is 2. The van der Waals surface area contributed by atoms with Gasteiger partial charge in [-0.15, -0.1) is 11.6 Å². The van der Waals surface area contributed by atoms with Crippen LogP contribution >= 0.6 is 11.6 Å². The highest BCUT2D eigenvalue weighted by molar-refractivity contribution is 6.19. The molecule has 40 heavy (non-hydrogen) atoms. The Morgan fingerprint density at radius 3 is 2.58 bits per heavy atom. The predicted molar refractivity (Wildman–Crippen MR) is 148 cm³/mol. The number of carbonyl (C=O) groups is 2. The maximum Gasteiger partial charge on any atom is 0.417 e. The molecular weight excluding hydrogens is 543 g/mol. The average molecular weight is 566 g/mol.